The Kier molecular flexibility index (Phi) is 4.50. The number of hydrogen-bond acceptors (Lipinski definition) is 3. The van der Waals surface area contributed by atoms with Gasteiger partial charge in [0.2, 0.25) is 0 Å². The molecule has 2 rings (SSSR count). The van der Waals surface area contributed by atoms with Crippen LogP contribution in [-0.2, 0) is 0 Å². The molecule has 18 heavy (non-hydrogen) atoms. The van der Waals surface area contributed by atoms with Gasteiger partial charge in [-0.2, -0.15) is 0 Å². The molecule has 1 aromatic carbocycles. The van der Waals surface area contributed by atoms with Crippen LogP contribution in [-0.4, -0.2) is 5.91 Å². The molecule has 1 amide bonds. The van der Waals surface area contributed by atoms with Gasteiger partial charge in [0.25, 0.3) is 5.91 Å². The van der Waals surface area contributed by atoms with Crippen molar-refractivity contribution in [3.05, 3.63) is 49.0 Å². The average molecular weight is 366 g/mol. The number of benzene rings is 1. The number of carbonyl (C=O) groups excluding carboxylic acids is 1. The normalized spacial score (nSPS) is 10.2. The molecule has 0 radical (unpaired) electrons. The maximum absolute atomic E-state index is 11.8. The van der Waals surface area contributed by atoms with Crippen molar-refractivity contribution in [1.29, 1.82) is 0 Å². The number of rotatable bonds is 3. The third kappa shape index (κ3) is 3.17. The van der Waals surface area contributed by atoms with Gasteiger partial charge in [-0.05, 0) is 45.6 Å². The number of nitrogens with one attached hydrogen (secondary N) is 2. The highest BCUT2D eigenvalue weighted by molar-refractivity contribution is 9.10. The molecule has 0 atom stereocenters. The van der Waals surface area contributed by atoms with Gasteiger partial charge in [0.05, 0.1) is 10.7 Å². The van der Waals surface area contributed by atoms with Crippen molar-refractivity contribution in [3.8, 4) is 0 Å². The van der Waals surface area contributed by atoms with Crippen molar-refractivity contribution in [3.63, 3.8) is 0 Å². The lowest BCUT2D eigenvalue weighted by molar-refractivity contribution is 0.0966. The van der Waals surface area contributed by atoms with Gasteiger partial charge in [-0.1, -0.05) is 23.2 Å². The molecule has 7 heteroatoms. The van der Waals surface area contributed by atoms with E-state index >= 15 is 0 Å². The molecule has 0 aliphatic rings. The highest BCUT2D eigenvalue weighted by atomic mass is 79.9. The van der Waals surface area contributed by atoms with E-state index in [1.54, 1.807) is 18.2 Å². The predicted octanol–water partition coefficient (Wildman–Crippen LogP) is 4.57. The Morgan fingerprint density at radius 2 is 2.06 bits per heavy atom. The SMILES string of the molecule is O=C(NNc1cc(Cl)ccc1Cl)c1sccc1Br. The van der Waals surface area contributed by atoms with E-state index in [4.69, 9.17) is 23.2 Å². The standard InChI is InChI=1S/C11H7BrCl2N2OS/c12-7-3-4-18-10(7)11(17)16-15-9-5-6(13)1-2-8(9)14/h1-5,15H,(H,16,17). The third-order valence-corrected chi connectivity index (χ3v) is 4.46. The largest absolute Gasteiger partial charge is 0.297 e. The fourth-order valence-corrected chi connectivity index (χ4v) is 3.01. The first-order valence-electron chi connectivity index (χ1n) is 4.82. The van der Waals surface area contributed by atoms with Gasteiger partial charge in [0.1, 0.15) is 4.88 Å². The summed E-state index contributed by atoms with van der Waals surface area (Å²) in [7, 11) is 0. The van der Waals surface area contributed by atoms with Crippen LogP contribution in [0, 0.1) is 0 Å². The van der Waals surface area contributed by atoms with Crippen LogP contribution in [0.5, 0.6) is 0 Å². The Hall–Kier alpha value is -0.750. The summed E-state index contributed by atoms with van der Waals surface area (Å²) >= 11 is 16.4. The van der Waals surface area contributed by atoms with Crippen molar-refractivity contribution < 1.29 is 4.79 Å². The van der Waals surface area contributed by atoms with Gasteiger partial charge >= 0.3 is 0 Å². The second-order valence-corrected chi connectivity index (χ2v) is 5.92. The fourth-order valence-electron chi connectivity index (χ4n) is 1.23. The molecule has 0 unspecified atom stereocenters. The van der Waals surface area contributed by atoms with E-state index in [9.17, 15) is 4.79 Å². The fraction of sp³-hybridized carbons (Fsp3) is 0. The maximum Gasteiger partial charge on any atom is 0.280 e. The predicted molar refractivity (Wildman–Crippen MR) is 79.6 cm³/mol. The van der Waals surface area contributed by atoms with Crippen LogP contribution in [0.1, 0.15) is 9.67 Å². The van der Waals surface area contributed by atoms with Gasteiger partial charge in [0, 0.05) is 9.50 Å². The van der Waals surface area contributed by atoms with E-state index in [0.29, 0.717) is 20.6 Å². The summed E-state index contributed by atoms with van der Waals surface area (Å²) in [5.41, 5.74) is 5.84. The molecule has 0 aliphatic carbocycles. The summed E-state index contributed by atoms with van der Waals surface area (Å²) in [4.78, 5) is 12.4. The second-order valence-electron chi connectivity index (χ2n) is 3.30. The summed E-state index contributed by atoms with van der Waals surface area (Å²) < 4.78 is 0.754. The van der Waals surface area contributed by atoms with E-state index in [-0.39, 0.29) is 5.91 Å². The molecule has 2 aromatic rings. The number of anilines is 1. The molecule has 0 aliphatic heterocycles. The molecule has 0 bridgehead atoms. The molecular formula is C11H7BrCl2N2OS. The van der Waals surface area contributed by atoms with E-state index < -0.39 is 0 Å². The number of carbonyl (C=O) groups is 1. The number of hydrogen-bond donors (Lipinski definition) is 2. The van der Waals surface area contributed by atoms with E-state index in [1.807, 2.05) is 11.4 Å². The van der Waals surface area contributed by atoms with E-state index in [0.717, 1.165) is 4.47 Å². The Balaban J connectivity index is 2.06. The molecule has 2 N–H and O–H groups in total. The highest BCUT2D eigenvalue weighted by Gasteiger charge is 2.11. The summed E-state index contributed by atoms with van der Waals surface area (Å²) in [6.45, 7) is 0. The molecule has 3 nitrogen and oxygen atoms in total. The molecule has 94 valence electrons. The van der Waals surface area contributed by atoms with Crippen LogP contribution in [0.3, 0.4) is 0 Å². The van der Waals surface area contributed by atoms with Crippen molar-refractivity contribution >= 4 is 62.1 Å². The topological polar surface area (TPSA) is 41.1 Å². The first kappa shape index (κ1) is 13.7. The molecule has 0 fully saturated rings. The zero-order valence-electron chi connectivity index (χ0n) is 8.84. The van der Waals surface area contributed by atoms with Crippen molar-refractivity contribution in [1.82, 2.24) is 5.43 Å². The average Bonchev–Trinajstić information content (AvgIpc) is 2.76. The lowest BCUT2D eigenvalue weighted by atomic mass is 10.3. The molecular weight excluding hydrogens is 359 g/mol. The Morgan fingerprint density at radius 3 is 2.72 bits per heavy atom. The molecule has 1 aromatic heterocycles. The Morgan fingerprint density at radius 1 is 1.28 bits per heavy atom. The summed E-state index contributed by atoms with van der Waals surface area (Å²) in [6.07, 6.45) is 0. The van der Waals surface area contributed by atoms with Crippen molar-refractivity contribution in [2.24, 2.45) is 0 Å². The van der Waals surface area contributed by atoms with Crippen LogP contribution in [0.15, 0.2) is 34.1 Å². The van der Waals surface area contributed by atoms with Crippen LogP contribution in [0.4, 0.5) is 5.69 Å². The minimum atomic E-state index is -0.243. The quantitative estimate of drug-likeness (QED) is 0.782. The van der Waals surface area contributed by atoms with Gasteiger partial charge in [-0.3, -0.25) is 15.6 Å². The number of halogens is 3. The van der Waals surface area contributed by atoms with E-state index in [2.05, 4.69) is 26.8 Å². The Bertz CT molecular complexity index is 588. The van der Waals surface area contributed by atoms with Crippen molar-refractivity contribution in [2.45, 2.75) is 0 Å². The van der Waals surface area contributed by atoms with E-state index in [1.165, 1.54) is 11.3 Å². The van der Waals surface area contributed by atoms with Crippen LogP contribution < -0.4 is 10.9 Å². The minimum absolute atomic E-state index is 0.243. The third-order valence-electron chi connectivity index (χ3n) is 2.06. The number of hydrazine groups is 1. The summed E-state index contributed by atoms with van der Waals surface area (Å²) in [5, 5.41) is 2.84. The Labute approximate surface area is 126 Å². The van der Waals surface area contributed by atoms with Gasteiger partial charge in [-0.25, -0.2) is 0 Å². The monoisotopic (exact) mass is 364 g/mol. The van der Waals surface area contributed by atoms with Crippen LogP contribution in [0.2, 0.25) is 10.0 Å². The zero-order valence-corrected chi connectivity index (χ0v) is 12.8. The lowest BCUT2D eigenvalue weighted by Crippen LogP contribution is -2.29. The van der Waals surface area contributed by atoms with Crippen LogP contribution in [0.25, 0.3) is 0 Å². The smallest absolute Gasteiger partial charge is 0.280 e. The number of amides is 1. The maximum atomic E-state index is 11.8. The molecule has 0 saturated heterocycles. The first-order chi connectivity index (χ1) is 8.58. The zero-order chi connectivity index (χ0) is 13.1. The molecule has 1 heterocycles. The number of thiophene rings is 1. The van der Waals surface area contributed by atoms with Gasteiger partial charge in [0.15, 0.2) is 0 Å². The molecule has 0 saturated carbocycles. The van der Waals surface area contributed by atoms with Gasteiger partial charge in [-0.15, -0.1) is 11.3 Å². The van der Waals surface area contributed by atoms with Gasteiger partial charge < -0.3 is 0 Å². The van der Waals surface area contributed by atoms with Crippen LogP contribution >= 0.6 is 50.5 Å². The molecule has 0 spiro atoms. The highest BCUT2D eigenvalue weighted by Crippen LogP contribution is 2.25. The minimum Gasteiger partial charge on any atom is -0.297 e. The lowest BCUT2D eigenvalue weighted by Gasteiger charge is -2.09. The second kappa shape index (κ2) is 5.93. The summed E-state index contributed by atoms with van der Waals surface area (Å²) in [5.74, 6) is -0.243. The summed E-state index contributed by atoms with van der Waals surface area (Å²) in [6, 6.07) is 6.77. The van der Waals surface area contributed by atoms with Crippen molar-refractivity contribution in [2.75, 3.05) is 5.43 Å². The first-order valence-corrected chi connectivity index (χ1v) is 7.25.